The van der Waals surface area contributed by atoms with Gasteiger partial charge in [0.25, 0.3) is 0 Å². The highest BCUT2D eigenvalue weighted by atomic mass is 35.5. The summed E-state index contributed by atoms with van der Waals surface area (Å²) in [6.45, 7) is 3.62. The molecule has 0 amide bonds. The van der Waals surface area contributed by atoms with Crippen LogP contribution in [0.1, 0.15) is 15.9 Å². The number of aromatic carboxylic acids is 1. The van der Waals surface area contributed by atoms with Crippen LogP contribution in [-0.2, 0) is 11.3 Å². The summed E-state index contributed by atoms with van der Waals surface area (Å²) < 4.78 is 10.5. The molecule has 1 fully saturated rings. The van der Waals surface area contributed by atoms with Crippen LogP contribution < -0.4 is 4.74 Å². The van der Waals surface area contributed by atoms with Crippen molar-refractivity contribution < 1.29 is 19.4 Å². The van der Waals surface area contributed by atoms with Crippen molar-refractivity contribution in [2.75, 3.05) is 33.4 Å². The van der Waals surface area contributed by atoms with Crippen LogP contribution in [0, 0.1) is 0 Å². The maximum absolute atomic E-state index is 11.2. The van der Waals surface area contributed by atoms with Crippen LogP contribution in [-0.4, -0.2) is 49.4 Å². The molecule has 1 aromatic carbocycles. The van der Waals surface area contributed by atoms with Gasteiger partial charge < -0.3 is 14.6 Å². The van der Waals surface area contributed by atoms with Gasteiger partial charge in [-0.2, -0.15) is 0 Å². The molecule has 0 radical (unpaired) electrons. The Balaban J connectivity index is 2.29. The molecule has 0 aromatic heterocycles. The van der Waals surface area contributed by atoms with E-state index in [1.807, 2.05) is 0 Å². The van der Waals surface area contributed by atoms with Gasteiger partial charge in [-0.3, -0.25) is 4.90 Å². The van der Waals surface area contributed by atoms with Crippen LogP contribution in [0.15, 0.2) is 12.1 Å². The summed E-state index contributed by atoms with van der Waals surface area (Å²) in [7, 11) is 1.47. The number of nitrogens with zero attached hydrogens (tertiary/aromatic N) is 1. The fourth-order valence-corrected chi connectivity index (χ4v) is 2.41. The van der Waals surface area contributed by atoms with E-state index >= 15 is 0 Å². The molecule has 1 heterocycles. The molecule has 0 unspecified atom stereocenters. The first-order valence-electron chi connectivity index (χ1n) is 6.01. The van der Waals surface area contributed by atoms with E-state index in [2.05, 4.69) is 4.90 Å². The highest BCUT2D eigenvalue weighted by Gasteiger charge is 2.19. The third-order valence-electron chi connectivity index (χ3n) is 3.06. The van der Waals surface area contributed by atoms with E-state index in [-0.39, 0.29) is 5.56 Å². The summed E-state index contributed by atoms with van der Waals surface area (Å²) >= 11 is 5.98. The molecule has 1 aromatic rings. The first-order valence-corrected chi connectivity index (χ1v) is 6.39. The molecular weight excluding hydrogens is 270 g/mol. The summed E-state index contributed by atoms with van der Waals surface area (Å²) in [6, 6.07) is 3.16. The van der Waals surface area contributed by atoms with Crippen LogP contribution in [0.5, 0.6) is 5.75 Å². The zero-order valence-corrected chi connectivity index (χ0v) is 11.4. The van der Waals surface area contributed by atoms with Crippen LogP contribution in [0.25, 0.3) is 0 Å². The number of carbonyl (C=O) groups is 1. The molecule has 2 rings (SSSR count). The number of hydrogen-bond donors (Lipinski definition) is 1. The van der Waals surface area contributed by atoms with E-state index in [4.69, 9.17) is 21.1 Å². The monoisotopic (exact) mass is 285 g/mol. The quantitative estimate of drug-likeness (QED) is 0.915. The van der Waals surface area contributed by atoms with Crippen molar-refractivity contribution in [2.24, 2.45) is 0 Å². The Kier molecular flexibility index (Phi) is 4.63. The van der Waals surface area contributed by atoms with E-state index < -0.39 is 5.97 Å². The smallest absolute Gasteiger partial charge is 0.339 e. The van der Waals surface area contributed by atoms with E-state index in [1.165, 1.54) is 13.2 Å². The molecular formula is C13H16ClNO4. The van der Waals surface area contributed by atoms with Crippen LogP contribution >= 0.6 is 11.6 Å². The van der Waals surface area contributed by atoms with E-state index in [9.17, 15) is 9.90 Å². The Morgan fingerprint density at radius 2 is 2.16 bits per heavy atom. The Bertz CT molecular complexity index is 472. The molecule has 1 aliphatic heterocycles. The average molecular weight is 286 g/mol. The van der Waals surface area contributed by atoms with Crippen molar-refractivity contribution in [1.29, 1.82) is 0 Å². The lowest BCUT2D eigenvalue weighted by molar-refractivity contribution is 0.0338. The van der Waals surface area contributed by atoms with Gasteiger partial charge in [-0.05, 0) is 12.1 Å². The maximum atomic E-state index is 11.2. The molecule has 6 heteroatoms. The number of halogens is 1. The fourth-order valence-electron chi connectivity index (χ4n) is 2.17. The molecule has 0 atom stereocenters. The molecule has 1 N–H and O–H groups in total. The summed E-state index contributed by atoms with van der Waals surface area (Å²) in [6.07, 6.45) is 0. The second-order valence-electron chi connectivity index (χ2n) is 4.34. The lowest BCUT2D eigenvalue weighted by Crippen LogP contribution is -2.35. The van der Waals surface area contributed by atoms with Gasteiger partial charge >= 0.3 is 5.97 Å². The summed E-state index contributed by atoms with van der Waals surface area (Å²) in [4.78, 5) is 13.4. The van der Waals surface area contributed by atoms with Crippen molar-refractivity contribution in [3.05, 3.63) is 28.3 Å². The minimum absolute atomic E-state index is 0.0956. The molecule has 1 saturated heterocycles. The van der Waals surface area contributed by atoms with Gasteiger partial charge in [-0.15, -0.1) is 0 Å². The van der Waals surface area contributed by atoms with Gasteiger partial charge in [0.2, 0.25) is 0 Å². The number of ether oxygens (including phenoxy) is 2. The molecule has 1 aliphatic rings. The minimum atomic E-state index is -1.04. The first kappa shape index (κ1) is 14.1. The molecule has 0 aliphatic carbocycles. The van der Waals surface area contributed by atoms with Gasteiger partial charge in [0.1, 0.15) is 11.3 Å². The van der Waals surface area contributed by atoms with Gasteiger partial charge in [0.05, 0.1) is 20.3 Å². The minimum Gasteiger partial charge on any atom is -0.496 e. The number of hydrogen-bond acceptors (Lipinski definition) is 4. The van der Waals surface area contributed by atoms with Crippen molar-refractivity contribution in [3.8, 4) is 5.75 Å². The zero-order chi connectivity index (χ0) is 13.8. The molecule has 104 valence electrons. The Morgan fingerprint density at radius 1 is 1.47 bits per heavy atom. The van der Waals surface area contributed by atoms with Crippen molar-refractivity contribution in [1.82, 2.24) is 4.90 Å². The number of carboxylic acids is 1. The Hall–Kier alpha value is -1.30. The third kappa shape index (κ3) is 3.37. The number of rotatable bonds is 4. The number of carboxylic acid groups (broad SMARTS) is 1. The number of benzene rings is 1. The van der Waals surface area contributed by atoms with Gasteiger partial charge in [0.15, 0.2) is 0 Å². The zero-order valence-electron chi connectivity index (χ0n) is 10.7. The lowest BCUT2D eigenvalue weighted by atomic mass is 10.1. The topological polar surface area (TPSA) is 59.0 Å². The second-order valence-corrected chi connectivity index (χ2v) is 4.78. The van der Waals surface area contributed by atoms with Crippen LogP contribution in [0.4, 0.5) is 0 Å². The first-order chi connectivity index (χ1) is 9.11. The average Bonchev–Trinajstić information content (AvgIpc) is 2.39. The molecule has 5 nitrogen and oxygen atoms in total. The fraction of sp³-hybridized carbons (Fsp3) is 0.462. The molecule has 0 bridgehead atoms. The summed E-state index contributed by atoms with van der Waals surface area (Å²) in [5.74, 6) is -0.661. The largest absolute Gasteiger partial charge is 0.496 e. The van der Waals surface area contributed by atoms with E-state index in [1.54, 1.807) is 6.07 Å². The third-order valence-corrected chi connectivity index (χ3v) is 3.28. The summed E-state index contributed by atoms with van der Waals surface area (Å²) in [5, 5.41) is 9.58. The predicted molar refractivity (Wildman–Crippen MR) is 71.1 cm³/mol. The molecule has 0 saturated carbocycles. The predicted octanol–water partition coefficient (Wildman–Crippen LogP) is 1.88. The van der Waals surface area contributed by atoms with Crippen molar-refractivity contribution >= 4 is 17.6 Å². The highest BCUT2D eigenvalue weighted by molar-refractivity contribution is 6.31. The highest BCUT2D eigenvalue weighted by Crippen LogP contribution is 2.29. The molecule has 19 heavy (non-hydrogen) atoms. The number of morpholine rings is 1. The normalized spacial score (nSPS) is 16.3. The van der Waals surface area contributed by atoms with Gasteiger partial charge in [-0.25, -0.2) is 4.79 Å². The van der Waals surface area contributed by atoms with E-state index in [0.717, 1.165) is 18.7 Å². The van der Waals surface area contributed by atoms with Crippen LogP contribution in [0.2, 0.25) is 5.02 Å². The SMILES string of the molecule is COc1c(CN2CCOCC2)cc(Cl)cc1C(=O)O. The van der Waals surface area contributed by atoms with E-state index in [0.29, 0.717) is 30.5 Å². The number of methoxy groups -OCH3 is 1. The van der Waals surface area contributed by atoms with Crippen molar-refractivity contribution in [2.45, 2.75) is 6.54 Å². The molecule has 0 spiro atoms. The Labute approximate surface area is 116 Å². The second kappa shape index (κ2) is 6.23. The lowest BCUT2D eigenvalue weighted by Gasteiger charge is -2.27. The maximum Gasteiger partial charge on any atom is 0.339 e. The van der Waals surface area contributed by atoms with Gasteiger partial charge in [0, 0.05) is 30.2 Å². The van der Waals surface area contributed by atoms with Crippen molar-refractivity contribution in [3.63, 3.8) is 0 Å². The summed E-state index contributed by atoms with van der Waals surface area (Å²) in [5.41, 5.74) is 0.882. The van der Waals surface area contributed by atoms with Crippen LogP contribution in [0.3, 0.4) is 0 Å². The standard InChI is InChI=1S/C13H16ClNO4/c1-18-12-9(8-15-2-4-19-5-3-15)6-10(14)7-11(12)13(16)17/h6-7H,2-5,8H2,1H3,(H,16,17). The van der Waals surface area contributed by atoms with Gasteiger partial charge in [-0.1, -0.05) is 11.6 Å². The Morgan fingerprint density at radius 3 is 2.74 bits per heavy atom.